The summed E-state index contributed by atoms with van der Waals surface area (Å²) in [6.45, 7) is 6.16. The molecule has 0 aliphatic heterocycles. The van der Waals surface area contributed by atoms with Crippen LogP contribution < -0.4 is 5.32 Å². The van der Waals surface area contributed by atoms with Gasteiger partial charge in [0.25, 0.3) is 0 Å². The summed E-state index contributed by atoms with van der Waals surface area (Å²) in [6, 6.07) is -0.729. The molecular formula is C50H85NO5. The number of carbonyl (C=O) groups excluding carboxylic acids is 2. The molecule has 0 heterocycles. The van der Waals surface area contributed by atoms with E-state index in [1.54, 1.807) is 0 Å². The van der Waals surface area contributed by atoms with E-state index < -0.39 is 18.2 Å². The highest BCUT2D eigenvalue weighted by Crippen LogP contribution is 2.16. The molecule has 0 rings (SSSR count). The molecule has 0 radical (unpaired) electrons. The molecule has 0 saturated heterocycles. The molecule has 3 N–H and O–H groups in total. The second-order valence-electron chi connectivity index (χ2n) is 15.2. The topological polar surface area (TPSA) is 95.9 Å². The molecule has 0 saturated carbocycles. The van der Waals surface area contributed by atoms with Gasteiger partial charge in [-0.2, -0.15) is 0 Å². The average Bonchev–Trinajstić information content (AvgIpc) is 3.19. The van der Waals surface area contributed by atoms with Crippen LogP contribution in [0.1, 0.15) is 194 Å². The van der Waals surface area contributed by atoms with Crippen molar-refractivity contribution in [3.8, 4) is 0 Å². The van der Waals surface area contributed by atoms with Crippen LogP contribution in [-0.4, -0.2) is 46.9 Å². The van der Waals surface area contributed by atoms with Gasteiger partial charge in [0.2, 0.25) is 5.91 Å². The summed E-state index contributed by atoms with van der Waals surface area (Å²) in [5.41, 5.74) is 0. The van der Waals surface area contributed by atoms with Gasteiger partial charge in [-0.15, -0.1) is 0 Å². The number of nitrogens with one attached hydrogen (secondary N) is 1. The zero-order valence-corrected chi connectivity index (χ0v) is 36.2. The fraction of sp³-hybridized carbons (Fsp3) is 0.680. The Morgan fingerprint density at radius 2 is 0.982 bits per heavy atom. The Labute approximate surface area is 344 Å². The highest BCUT2D eigenvalue weighted by Gasteiger charge is 2.24. The molecule has 0 fully saturated rings. The molecule has 0 aromatic carbocycles. The van der Waals surface area contributed by atoms with Crippen molar-refractivity contribution < 1.29 is 24.5 Å². The van der Waals surface area contributed by atoms with Crippen molar-refractivity contribution in [3.63, 3.8) is 0 Å². The average molecular weight is 780 g/mol. The van der Waals surface area contributed by atoms with Gasteiger partial charge < -0.3 is 20.3 Å². The lowest BCUT2D eigenvalue weighted by atomic mass is 10.0. The van der Waals surface area contributed by atoms with Crippen LogP contribution in [0.2, 0.25) is 0 Å². The highest BCUT2D eigenvalue weighted by molar-refractivity contribution is 5.77. The van der Waals surface area contributed by atoms with Crippen molar-refractivity contribution in [2.75, 3.05) is 6.61 Å². The van der Waals surface area contributed by atoms with Crippen molar-refractivity contribution in [1.82, 2.24) is 5.32 Å². The number of hydrogen-bond acceptors (Lipinski definition) is 5. The molecule has 0 aliphatic rings. The predicted molar refractivity (Wildman–Crippen MR) is 241 cm³/mol. The third-order valence-corrected chi connectivity index (χ3v) is 9.88. The monoisotopic (exact) mass is 780 g/mol. The Kier molecular flexibility index (Phi) is 40.9. The number of unbranched alkanes of at least 4 members (excludes halogenated alkanes) is 18. The minimum Gasteiger partial charge on any atom is -0.462 e. The maximum absolute atomic E-state index is 13.1. The van der Waals surface area contributed by atoms with Gasteiger partial charge in [-0.05, 0) is 57.8 Å². The lowest BCUT2D eigenvalue weighted by Gasteiger charge is -2.24. The molecule has 6 nitrogen and oxygen atoms in total. The second-order valence-corrected chi connectivity index (χ2v) is 15.2. The van der Waals surface area contributed by atoms with Crippen LogP contribution in [0.3, 0.4) is 0 Å². The summed E-state index contributed by atoms with van der Waals surface area (Å²) in [7, 11) is 0. The number of aliphatic hydroxyl groups excluding tert-OH is 2. The van der Waals surface area contributed by atoms with E-state index in [-0.39, 0.29) is 24.9 Å². The third-order valence-electron chi connectivity index (χ3n) is 9.88. The molecule has 1 amide bonds. The van der Waals surface area contributed by atoms with Crippen molar-refractivity contribution in [2.45, 2.75) is 212 Å². The van der Waals surface area contributed by atoms with Crippen LogP contribution in [0, 0.1) is 0 Å². The molecule has 320 valence electrons. The first-order valence-corrected chi connectivity index (χ1v) is 22.9. The largest absolute Gasteiger partial charge is 0.462 e. The van der Waals surface area contributed by atoms with Gasteiger partial charge >= 0.3 is 5.97 Å². The van der Waals surface area contributed by atoms with E-state index in [9.17, 15) is 19.8 Å². The van der Waals surface area contributed by atoms with Crippen LogP contribution in [-0.2, 0) is 14.3 Å². The summed E-state index contributed by atoms with van der Waals surface area (Å²) in [4.78, 5) is 26.0. The molecular weight excluding hydrogens is 695 g/mol. The van der Waals surface area contributed by atoms with Gasteiger partial charge in [-0.1, -0.05) is 209 Å². The lowest BCUT2D eigenvalue weighted by molar-refractivity contribution is -0.151. The fourth-order valence-corrected chi connectivity index (χ4v) is 6.44. The Bertz CT molecular complexity index is 1100. The van der Waals surface area contributed by atoms with Crippen LogP contribution in [0.5, 0.6) is 0 Å². The zero-order valence-electron chi connectivity index (χ0n) is 36.2. The number of hydrogen-bond donors (Lipinski definition) is 3. The van der Waals surface area contributed by atoms with Crippen LogP contribution in [0.25, 0.3) is 0 Å². The number of ether oxygens (including phenoxy) is 1. The first-order chi connectivity index (χ1) is 27.5. The third kappa shape index (κ3) is 37.9. The van der Waals surface area contributed by atoms with Crippen molar-refractivity contribution in [2.24, 2.45) is 0 Å². The molecule has 0 aromatic rings. The van der Waals surface area contributed by atoms with Gasteiger partial charge in [0, 0.05) is 6.42 Å². The van der Waals surface area contributed by atoms with Crippen LogP contribution >= 0.6 is 0 Å². The van der Waals surface area contributed by atoms with E-state index in [0.29, 0.717) is 19.3 Å². The van der Waals surface area contributed by atoms with Crippen molar-refractivity contribution in [3.05, 3.63) is 85.1 Å². The summed E-state index contributed by atoms with van der Waals surface area (Å²) in [6.07, 6.45) is 55.1. The maximum atomic E-state index is 13.1. The molecule has 0 aromatic heterocycles. The Balaban J connectivity index is 4.69. The number of allylic oxidation sites excluding steroid dienone is 14. The quantitative estimate of drug-likeness (QED) is 0.0328. The standard InChI is InChI=1S/C50H85NO5/c1-4-7-10-13-16-19-22-24-27-30-33-36-39-42-48(53)47(45-52)51-49(54)44-46(41-38-35-32-29-26-21-18-15-12-9-6-3)56-50(55)43-40-37-34-31-28-25-23-20-17-14-11-8-5-2/h8-9,11-12,14-15,17-18,20-21,23,26,29,32,46-48,52-53H,4-7,10,13,16,19,22,24-25,27-28,30-31,33-45H2,1-3H3,(H,51,54)/b11-8+,12-9+,17-14+,18-15+,23-20-,26-21-,32-29-. The van der Waals surface area contributed by atoms with Crippen LogP contribution in [0.15, 0.2) is 85.1 Å². The van der Waals surface area contributed by atoms with Crippen molar-refractivity contribution in [1.29, 1.82) is 0 Å². The van der Waals surface area contributed by atoms with E-state index in [0.717, 1.165) is 83.5 Å². The Hall–Kier alpha value is -2.96. The summed E-state index contributed by atoms with van der Waals surface area (Å²) in [5, 5.41) is 23.6. The van der Waals surface area contributed by atoms with Gasteiger partial charge in [0.15, 0.2) is 0 Å². The van der Waals surface area contributed by atoms with Gasteiger partial charge in [-0.3, -0.25) is 9.59 Å². The Morgan fingerprint density at radius 1 is 0.536 bits per heavy atom. The molecule has 6 heteroatoms. The summed E-state index contributed by atoms with van der Waals surface area (Å²) < 4.78 is 5.85. The molecule has 3 unspecified atom stereocenters. The van der Waals surface area contributed by atoms with E-state index in [1.165, 1.54) is 64.2 Å². The maximum Gasteiger partial charge on any atom is 0.306 e. The first-order valence-electron chi connectivity index (χ1n) is 22.9. The number of amides is 1. The molecule has 0 aliphatic carbocycles. The summed E-state index contributed by atoms with van der Waals surface area (Å²) in [5.74, 6) is -0.575. The van der Waals surface area contributed by atoms with E-state index in [1.807, 2.05) is 36.5 Å². The van der Waals surface area contributed by atoms with Crippen molar-refractivity contribution >= 4 is 11.9 Å². The van der Waals surface area contributed by atoms with Gasteiger partial charge in [0.05, 0.1) is 25.2 Å². The molecule has 0 spiro atoms. The number of esters is 1. The van der Waals surface area contributed by atoms with E-state index >= 15 is 0 Å². The molecule has 3 atom stereocenters. The molecule has 0 bridgehead atoms. The Morgan fingerprint density at radius 3 is 1.50 bits per heavy atom. The fourth-order valence-electron chi connectivity index (χ4n) is 6.44. The number of aliphatic hydroxyl groups is 2. The van der Waals surface area contributed by atoms with E-state index in [4.69, 9.17) is 4.74 Å². The zero-order chi connectivity index (χ0) is 41.0. The lowest BCUT2D eigenvalue weighted by Crippen LogP contribution is -2.46. The minimum atomic E-state index is -0.811. The second kappa shape index (κ2) is 43.2. The van der Waals surface area contributed by atoms with Gasteiger partial charge in [0.1, 0.15) is 6.10 Å². The first kappa shape index (κ1) is 53.0. The van der Waals surface area contributed by atoms with Gasteiger partial charge in [-0.25, -0.2) is 0 Å². The van der Waals surface area contributed by atoms with Crippen LogP contribution in [0.4, 0.5) is 0 Å². The van der Waals surface area contributed by atoms with E-state index in [2.05, 4.69) is 74.7 Å². The SMILES string of the molecule is CC/C=C/C=C/C=C\C=C/CCCC(CC(=O)NC(CO)C(O)CCCCCCCCCCCCCCC)OC(=O)CCCCCCC\C=C/C=C/C=C/CC. The normalized spacial score (nSPS) is 14.2. The summed E-state index contributed by atoms with van der Waals surface area (Å²) >= 11 is 0. The number of rotatable bonds is 39. The smallest absolute Gasteiger partial charge is 0.306 e. The highest BCUT2D eigenvalue weighted by atomic mass is 16.5. The molecule has 56 heavy (non-hydrogen) atoms. The minimum absolute atomic E-state index is 0.0188. The predicted octanol–water partition coefficient (Wildman–Crippen LogP) is 13.2. The number of carbonyl (C=O) groups is 2.